The van der Waals surface area contributed by atoms with Crippen LogP contribution < -0.4 is 5.32 Å². The fourth-order valence-electron chi connectivity index (χ4n) is 1.46. The minimum atomic E-state index is -0.0263. The first-order valence-electron chi connectivity index (χ1n) is 6.72. The van der Waals surface area contributed by atoms with Crippen LogP contribution in [0.4, 0.5) is 5.69 Å². The van der Waals surface area contributed by atoms with Gasteiger partial charge in [0.05, 0.1) is 5.75 Å². The summed E-state index contributed by atoms with van der Waals surface area (Å²) in [4.78, 5) is 11.8. The van der Waals surface area contributed by atoms with Gasteiger partial charge >= 0.3 is 0 Å². The predicted octanol–water partition coefficient (Wildman–Crippen LogP) is 4.16. The van der Waals surface area contributed by atoms with Crippen molar-refractivity contribution in [3.63, 3.8) is 0 Å². The minimum Gasteiger partial charge on any atom is -0.325 e. The van der Waals surface area contributed by atoms with Gasteiger partial charge < -0.3 is 5.32 Å². The number of rotatable bonds is 8. The highest BCUT2D eigenvalue weighted by Crippen LogP contribution is 2.29. The minimum absolute atomic E-state index is 0.0263. The van der Waals surface area contributed by atoms with E-state index in [9.17, 15) is 4.79 Å². The lowest BCUT2D eigenvalue weighted by atomic mass is 10.3. The summed E-state index contributed by atoms with van der Waals surface area (Å²) in [6, 6.07) is 9.45. The van der Waals surface area contributed by atoms with Crippen LogP contribution in [-0.2, 0) is 4.79 Å². The van der Waals surface area contributed by atoms with Gasteiger partial charge in [-0.05, 0) is 18.6 Å². The summed E-state index contributed by atoms with van der Waals surface area (Å²) in [5.74, 6) is 1.40. The molecule has 112 valence electrons. The monoisotopic (exact) mass is 339 g/mol. The molecule has 0 saturated carbocycles. The lowest BCUT2D eigenvalue weighted by molar-refractivity contribution is -0.113. The summed E-state index contributed by atoms with van der Waals surface area (Å²) in [5, 5.41) is 11.1. The second-order valence-electron chi connectivity index (χ2n) is 4.24. The van der Waals surface area contributed by atoms with Gasteiger partial charge in [-0.25, -0.2) is 0 Å². The number of thioether (sulfide) groups is 2. The van der Waals surface area contributed by atoms with Crippen molar-refractivity contribution >= 4 is 46.5 Å². The van der Waals surface area contributed by atoms with Crippen molar-refractivity contribution in [2.45, 2.75) is 28.4 Å². The lowest BCUT2D eigenvalue weighted by Gasteiger charge is -2.02. The molecule has 1 heterocycles. The van der Waals surface area contributed by atoms with Crippen LogP contribution in [0, 0.1) is 0 Å². The zero-order valence-corrected chi connectivity index (χ0v) is 14.2. The smallest absolute Gasteiger partial charge is 0.234 e. The third kappa shape index (κ3) is 6.07. The lowest BCUT2D eigenvalue weighted by Crippen LogP contribution is -2.13. The van der Waals surface area contributed by atoms with Crippen molar-refractivity contribution in [2.75, 3.05) is 16.8 Å². The molecule has 4 nitrogen and oxygen atoms in total. The molecule has 0 aliphatic carbocycles. The van der Waals surface area contributed by atoms with Gasteiger partial charge in [-0.3, -0.25) is 4.79 Å². The Labute approximate surface area is 137 Å². The SMILES string of the molecule is CCCCSc1nnc(SCC(=O)Nc2ccccc2)s1. The Balaban J connectivity index is 1.74. The highest BCUT2D eigenvalue weighted by molar-refractivity contribution is 8.03. The first-order valence-corrected chi connectivity index (χ1v) is 9.50. The zero-order chi connectivity index (χ0) is 14.9. The molecule has 1 amide bonds. The average molecular weight is 340 g/mol. The molecule has 0 fully saturated rings. The maximum absolute atomic E-state index is 11.8. The summed E-state index contributed by atoms with van der Waals surface area (Å²) in [6.07, 6.45) is 2.37. The molecule has 0 aliphatic heterocycles. The first kappa shape index (κ1) is 16.3. The zero-order valence-electron chi connectivity index (χ0n) is 11.7. The molecule has 0 aliphatic rings. The molecule has 0 unspecified atom stereocenters. The van der Waals surface area contributed by atoms with E-state index >= 15 is 0 Å². The second kappa shape index (κ2) is 9.07. The molecule has 2 rings (SSSR count). The fraction of sp³-hybridized carbons (Fsp3) is 0.357. The summed E-state index contributed by atoms with van der Waals surface area (Å²) >= 11 is 4.72. The number of carbonyl (C=O) groups is 1. The van der Waals surface area contributed by atoms with Crippen molar-refractivity contribution in [1.82, 2.24) is 10.2 Å². The first-order chi connectivity index (χ1) is 10.3. The van der Waals surface area contributed by atoms with Gasteiger partial charge in [0.25, 0.3) is 0 Å². The van der Waals surface area contributed by atoms with Gasteiger partial charge in [0.1, 0.15) is 0 Å². The summed E-state index contributed by atoms with van der Waals surface area (Å²) in [7, 11) is 0. The molecular formula is C14H17N3OS3. The number of anilines is 1. The third-order valence-corrected chi connectivity index (χ3v) is 5.77. The molecule has 1 aromatic carbocycles. The van der Waals surface area contributed by atoms with E-state index in [2.05, 4.69) is 22.4 Å². The van der Waals surface area contributed by atoms with Crippen LogP contribution in [0.15, 0.2) is 39.0 Å². The van der Waals surface area contributed by atoms with Crippen LogP contribution in [0.2, 0.25) is 0 Å². The summed E-state index contributed by atoms with van der Waals surface area (Å²) < 4.78 is 1.83. The number of amides is 1. The predicted molar refractivity (Wildman–Crippen MR) is 91.3 cm³/mol. The van der Waals surface area contributed by atoms with Crippen LogP contribution in [0.1, 0.15) is 19.8 Å². The molecule has 0 atom stereocenters. The van der Waals surface area contributed by atoms with E-state index in [-0.39, 0.29) is 5.91 Å². The largest absolute Gasteiger partial charge is 0.325 e. The molecular weight excluding hydrogens is 322 g/mol. The quantitative estimate of drug-likeness (QED) is 0.578. The summed E-state index contributed by atoms with van der Waals surface area (Å²) in [6.45, 7) is 2.17. The van der Waals surface area contributed by atoms with E-state index in [0.717, 1.165) is 20.1 Å². The van der Waals surface area contributed by atoms with Crippen LogP contribution >= 0.6 is 34.9 Å². The molecule has 0 bridgehead atoms. The van der Waals surface area contributed by atoms with Gasteiger partial charge in [0.2, 0.25) is 5.91 Å². The van der Waals surface area contributed by atoms with Gasteiger partial charge in [-0.15, -0.1) is 10.2 Å². The van der Waals surface area contributed by atoms with Gasteiger partial charge in [-0.2, -0.15) is 0 Å². The number of unbranched alkanes of at least 4 members (excludes halogenated alkanes) is 1. The molecule has 1 N–H and O–H groups in total. The highest BCUT2D eigenvalue weighted by atomic mass is 32.2. The third-order valence-electron chi connectivity index (χ3n) is 2.50. The molecule has 7 heteroatoms. The Kier molecular flexibility index (Phi) is 7.05. The van der Waals surface area contributed by atoms with Crippen LogP contribution in [-0.4, -0.2) is 27.6 Å². The van der Waals surface area contributed by atoms with Crippen LogP contribution in [0.3, 0.4) is 0 Å². The topological polar surface area (TPSA) is 54.9 Å². The molecule has 0 saturated heterocycles. The van der Waals surface area contributed by atoms with Crippen LogP contribution in [0.5, 0.6) is 0 Å². The number of hydrogen-bond donors (Lipinski definition) is 1. The second-order valence-corrected chi connectivity index (χ2v) is 7.78. The van der Waals surface area contributed by atoms with E-state index in [1.54, 1.807) is 23.1 Å². The average Bonchev–Trinajstić information content (AvgIpc) is 2.94. The van der Waals surface area contributed by atoms with Crippen molar-refractivity contribution < 1.29 is 4.79 Å². The standard InChI is InChI=1S/C14H17N3OS3/c1-2-3-9-19-13-16-17-14(21-13)20-10-12(18)15-11-7-5-4-6-8-11/h4-8H,2-3,9-10H2,1H3,(H,15,18). The number of nitrogens with one attached hydrogen (secondary N) is 1. The van der Waals surface area contributed by atoms with Crippen molar-refractivity contribution in [3.05, 3.63) is 30.3 Å². The van der Waals surface area contributed by atoms with Crippen molar-refractivity contribution in [2.24, 2.45) is 0 Å². The van der Waals surface area contributed by atoms with E-state index in [0.29, 0.717) is 5.75 Å². The van der Waals surface area contributed by atoms with E-state index in [1.807, 2.05) is 30.3 Å². The Bertz CT molecular complexity index is 560. The van der Waals surface area contributed by atoms with Gasteiger partial charge in [0, 0.05) is 11.4 Å². The Hall–Kier alpha value is -1.05. The fourth-order valence-corrected chi connectivity index (χ4v) is 4.44. The number of benzene rings is 1. The number of para-hydroxylation sites is 1. The highest BCUT2D eigenvalue weighted by Gasteiger charge is 2.08. The Morgan fingerprint density at radius 1 is 1.19 bits per heavy atom. The van der Waals surface area contributed by atoms with E-state index in [1.165, 1.54) is 24.6 Å². The van der Waals surface area contributed by atoms with Crippen molar-refractivity contribution in [3.8, 4) is 0 Å². The summed E-state index contributed by atoms with van der Waals surface area (Å²) in [5.41, 5.74) is 0.816. The maximum atomic E-state index is 11.8. The Morgan fingerprint density at radius 2 is 1.90 bits per heavy atom. The normalized spacial score (nSPS) is 10.5. The van der Waals surface area contributed by atoms with Gasteiger partial charge in [-0.1, -0.05) is 66.4 Å². The molecule has 0 radical (unpaired) electrons. The molecule has 21 heavy (non-hydrogen) atoms. The number of aromatic nitrogens is 2. The van der Waals surface area contributed by atoms with E-state index in [4.69, 9.17) is 0 Å². The molecule has 2 aromatic rings. The number of nitrogens with zero attached hydrogens (tertiary/aromatic N) is 2. The number of hydrogen-bond acceptors (Lipinski definition) is 6. The van der Waals surface area contributed by atoms with Crippen molar-refractivity contribution in [1.29, 1.82) is 0 Å². The number of carbonyl (C=O) groups excluding carboxylic acids is 1. The van der Waals surface area contributed by atoms with Gasteiger partial charge in [0.15, 0.2) is 8.68 Å². The molecule has 0 spiro atoms. The Morgan fingerprint density at radius 3 is 2.62 bits per heavy atom. The van der Waals surface area contributed by atoms with Crippen LogP contribution in [0.25, 0.3) is 0 Å². The maximum Gasteiger partial charge on any atom is 0.234 e. The van der Waals surface area contributed by atoms with E-state index < -0.39 is 0 Å². The molecule has 1 aromatic heterocycles.